The number of hydrogen-bond donors (Lipinski definition) is 1. The quantitative estimate of drug-likeness (QED) is 0.797. The molecule has 0 aliphatic carbocycles. The maximum atomic E-state index is 5.35. The third-order valence-electron chi connectivity index (χ3n) is 3.58. The standard InChI is InChI=1S/C17H17N3O/c1-18-15(16-17(21-2)20-11-10-19-16)14-9-5-7-12-6-3-4-8-13(12)14/h3-11,15,18H,1-2H3. The van der Waals surface area contributed by atoms with E-state index in [9.17, 15) is 0 Å². The Kier molecular flexibility index (Phi) is 3.79. The Morgan fingerprint density at radius 1 is 1.00 bits per heavy atom. The highest BCUT2D eigenvalue weighted by atomic mass is 16.5. The summed E-state index contributed by atoms with van der Waals surface area (Å²) in [5.74, 6) is 0.546. The molecule has 0 saturated heterocycles. The predicted molar refractivity (Wildman–Crippen MR) is 83.4 cm³/mol. The number of rotatable bonds is 4. The van der Waals surface area contributed by atoms with Gasteiger partial charge >= 0.3 is 0 Å². The molecule has 0 saturated carbocycles. The van der Waals surface area contributed by atoms with Crippen molar-refractivity contribution in [3.05, 3.63) is 66.1 Å². The molecule has 3 aromatic rings. The molecule has 0 bridgehead atoms. The van der Waals surface area contributed by atoms with Gasteiger partial charge in [0.1, 0.15) is 5.69 Å². The number of hydrogen-bond acceptors (Lipinski definition) is 4. The van der Waals surface area contributed by atoms with Crippen molar-refractivity contribution in [2.75, 3.05) is 14.2 Å². The van der Waals surface area contributed by atoms with Crippen LogP contribution >= 0.6 is 0 Å². The molecule has 1 N–H and O–H groups in total. The van der Waals surface area contributed by atoms with Crippen LogP contribution in [-0.4, -0.2) is 24.1 Å². The summed E-state index contributed by atoms with van der Waals surface area (Å²) in [6.07, 6.45) is 3.32. The van der Waals surface area contributed by atoms with Gasteiger partial charge in [-0.3, -0.25) is 4.98 Å². The number of ether oxygens (including phenoxy) is 1. The van der Waals surface area contributed by atoms with Gasteiger partial charge in [-0.05, 0) is 23.4 Å². The molecule has 4 nitrogen and oxygen atoms in total. The maximum Gasteiger partial charge on any atom is 0.237 e. The minimum Gasteiger partial charge on any atom is -0.480 e. The fourth-order valence-corrected chi connectivity index (χ4v) is 2.63. The maximum absolute atomic E-state index is 5.35. The van der Waals surface area contributed by atoms with Crippen molar-refractivity contribution in [1.29, 1.82) is 0 Å². The second-order valence-corrected chi connectivity index (χ2v) is 4.74. The summed E-state index contributed by atoms with van der Waals surface area (Å²) in [7, 11) is 3.53. The van der Waals surface area contributed by atoms with E-state index in [0.717, 1.165) is 11.3 Å². The Morgan fingerprint density at radius 2 is 1.76 bits per heavy atom. The smallest absolute Gasteiger partial charge is 0.237 e. The molecule has 0 fully saturated rings. The molecule has 21 heavy (non-hydrogen) atoms. The van der Waals surface area contributed by atoms with E-state index in [-0.39, 0.29) is 6.04 Å². The summed E-state index contributed by atoms with van der Waals surface area (Å²) < 4.78 is 5.35. The van der Waals surface area contributed by atoms with Crippen LogP contribution in [0.5, 0.6) is 5.88 Å². The molecule has 1 heterocycles. The van der Waals surface area contributed by atoms with Crippen LogP contribution in [0.15, 0.2) is 54.9 Å². The van der Waals surface area contributed by atoms with Crippen LogP contribution in [0.3, 0.4) is 0 Å². The Hall–Kier alpha value is -2.46. The van der Waals surface area contributed by atoms with Crippen molar-refractivity contribution in [2.24, 2.45) is 0 Å². The Bertz CT molecular complexity index is 752. The Labute approximate surface area is 123 Å². The van der Waals surface area contributed by atoms with Gasteiger partial charge in [0.05, 0.1) is 13.2 Å². The zero-order chi connectivity index (χ0) is 14.7. The lowest BCUT2D eigenvalue weighted by Crippen LogP contribution is -2.20. The molecule has 0 aliphatic rings. The van der Waals surface area contributed by atoms with E-state index in [1.165, 1.54) is 10.8 Å². The molecule has 3 rings (SSSR count). The van der Waals surface area contributed by atoms with Gasteiger partial charge in [-0.1, -0.05) is 42.5 Å². The molecule has 1 unspecified atom stereocenters. The van der Waals surface area contributed by atoms with Gasteiger partial charge in [-0.15, -0.1) is 0 Å². The molecule has 0 radical (unpaired) electrons. The third-order valence-corrected chi connectivity index (χ3v) is 3.58. The van der Waals surface area contributed by atoms with Crippen LogP contribution < -0.4 is 10.1 Å². The highest BCUT2D eigenvalue weighted by molar-refractivity contribution is 5.86. The van der Waals surface area contributed by atoms with Crippen molar-refractivity contribution in [1.82, 2.24) is 15.3 Å². The molecule has 0 amide bonds. The molecule has 4 heteroatoms. The average molecular weight is 279 g/mol. The number of benzene rings is 2. The molecular formula is C17H17N3O. The molecule has 1 atom stereocenters. The third kappa shape index (κ3) is 2.45. The lowest BCUT2D eigenvalue weighted by Gasteiger charge is -2.19. The first-order chi connectivity index (χ1) is 10.3. The minimum absolute atomic E-state index is 0.0697. The van der Waals surface area contributed by atoms with Gasteiger partial charge < -0.3 is 10.1 Å². The molecular weight excluding hydrogens is 262 g/mol. The number of aromatic nitrogens is 2. The van der Waals surface area contributed by atoms with Gasteiger partial charge in [0, 0.05) is 12.4 Å². The van der Waals surface area contributed by atoms with E-state index < -0.39 is 0 Å². The van der Waals surface area contributed by atoms with Gasteiger partial charge in [0.25, 0.3) is 0 Å². The van der Waals surface area contributed by atoms with Crippen molar-refractivity contribution in [2.45, 2.75) is 6.04 Å². The normalized spacial score (nSPS) is 12.3. The second-order valence-electron chi connectivity index (χ2n) is 4.74. The van der Waals surface area contributed by atoms with Gasteiger partial charge in [-0.2, -0.15) is 0 Å². The summed E-state index contributed by atoms with van der Waals surface area (Å²) in [5.41, 5.74) is 1.95. The van der Waals surface area contributed by atoms with Crippen molar-refractivity contribution >= 4 is 10.8 Å². The number of fused-ring (bicyclic) bond motifs is 1. The summed E-state index contributed by atoms with van der Waals surface area (Å²) in [4.78, 5) is 8.70. The van der Waals surface area contributed by atoms with Crippen molar-refractivity contribution in [3.8, 4) is 5.88 Å². The van der Waals surface area contributed by atoms with E-state index in [0.29, 0.717) is 5.88 Å². The lowest BCUT2D eigenvalue weighted by molar-refractivity contribution is 0.384. The molecule has 106 valence electrons. The monoisotopic (exact) mass is 279 g/mol. The molecule has 0 spiro atoms. The second kappa shape index (κ2) is 5.89. The first kappa shape index (κ1) is 13.5. The molecule has 2 aromatic carbocycles. The Morgan fingerprint density at radius 3 is 2.57 bits per heavy atom. The molecule has 1 aromatic heterocycles. The van der Waals surface area contributed by atoms with Crippen LogP contribution in [0.2, 0.25) is 0 Å². The number of nitrogens with one attached hydrogen (secondary N) is 1. The summed E-state index contributed by atoms with van der Waals surface area (Å²) in [6, 6.07) is 14.5. The van der Waals surface area contributed by atoms with Crippen LogP contribution in [0.4, 0.5) is 0 Å². The van der Waals surface area contributed by atoms with Crippen molar-refractivity contribution in [3.63, 3.8) is 0 Å². The van der Waals surface area contributed by atoms with E-state index in [1.54, 1.807) is 19.5 Å². The fraction of sp³-hybridized carbons (Fsp3) is 0.176. The largest absolute Gasteiger partial charge is 0.480 e. The van der Waals surface area contributed by atoms with Gasteiger partial charge in [-0.25, -0.2) is 4.98 Å². The first-order valence-electron chi connectivity index (χ1n) is 6.85. The van der Waals surface area contributed by atoms with E-state index >= 15 is 0 Å². The zero-order valence-electron chi connectivity index (χ0n) is 12.1. The highest BCUT2D eigenvalue weighted by Crippen LogP contribution is 2.30. The zero-order valence-corrected chi connectivity index (χ0v) is 12.1. The van der Waals surface area contributed by atoms with E-state index in [1.807, 2.05) is 19.2 Å². The van der Waals surface area contributed by atoms with Gasteiger partial charge in [0.2, 0.25) is 5.88 Å². The topological polar surface area (TPSA) is 47.0 Å². The van der Waals surface area contributed by atoms with Crippen LogP contribution in [0.1, 0.15) is 17.3 Å². The van der Waals surface area contributed by atoms with Gasteiger partial charge in [0.15, 0.2) is 0 Å². The van der Waals surface area contributed by atoms with E-state index in [4.69, 9.17) is 4.74 Å². The SMILES string of the molecule is CNC(c1nccnc1OC)c1cccc2ccccc12. The van der Waals surface area contributed by atoms with Crippen molar-refractivity contribution < 1.29 is 4.74 Å². The predicted octanol–water partition coefficient (Wildman–Crippen LogP) is 2.95. The highest BCUT2D eigenvalue weighted by Gasteiger charge is 2.20. The number of nitrogens with zero attached hydrogens (tertiary/aromatic N) is 2. The molecule has 0 aliphatic heterocycles. The fourth-order valence-electron chi connectivity index (χ4n) is 2.63. The van der Waals surface area contributed by atoms with E-state index in [2.05, 4.69) is 45.6 Å². The Balaban J connectivity index is 2.19. The first-order valence-corrected chi connectivity index (χ1v) is 6.85. The van der Waals surface area contributed by atoms with Crippen LogP contribution in [-0.2, 0) is 0 Å². The van der Waals surface area contributed by atoms with Crippen LogP contribution in [0.25, 0.3) is 10.8 Å². The summed E-state index contributed by atoms with van der Waals surface area (Å²) in [5, 5.41) is 5.73. The number of methoxy groups -OCH3 is 1. The summed E-state index contributed by atoms with van der Waals surface area (Å²) >= 11 is 0. The summed E-state index contributed by atoms with van der Waals surface area (Å²) in [6.45, 7) is 0. The minimum atomic E-state index is -0.0697. The lowest BCUT2D eigenvalue weighted by atomic mass is 9.97. The average Bonchev–Trinajstić information content (AvgIpc) is 2.56. The van der Waals surface area contributed by atoms with Crippen LogP contribution in [0, 0.1) is 0 Å².